The van der Waals surface area contributed by atoms with Gasteiger partial charge in [0.15, 0.2) is 0 Å². The fourth-order valence-corrected chi connectivity index (χ4v) is 2.45. The lowest BCUT2D eigenvalue weighted by molar-refractivity contribution is 0.0629. The molecular formula is C18H21ClN2O3. The van der Waals surface area contributed by atoms with Gasteiger partial charge in [0.1, 0.15) is 5.75 Å². The van der Waals surface area contributed by atoms with Crippen molar-refractivity contribution in [3.05, 3.63) is 59.1 Å². The van der Waals surface area contributed by atoms with Crippen LogP contribution in [0, 0.1) is 0 Å². The van der Waals surface area contributed by atoms with Crippen molar-refractivity contribution in [2.75, 3.05) is 19.0 Å². The monoisotopic (exact) mass is 348 g/mol. The molecule has 0 aliphatic heterocycles. The van der Waals surface area contributed by atoms with Gasteiger partial charge in [-0.25, -0.2) is 4.79 Å². The number of carbonyl (C=O) groups excluding carboxylic acids is 1. The van der Waals surface area contributed by atoms with E-state index in [9.17, 15) is 9.90 Å². The lowest BCUT2D eigenvalue weighted by atomic mass is 9.96. The number of hydrogen-bond acceptors (Lipinski definition) is 3. The molecule has 5 nitrogen and oxygen atoms in total. The zero-order valence-electron chi connectivity index (χ0n) is 13.7. The highest BCUT2D eigenvalue weighted by Crippen LogP contribution is 2.17. The fourth-order valence-electron chi connectivity index (χ4n) is 2.26. The van der Waals surface area contributed by atoms with E-state index in [-0.39, 0.29) is 6.54 Å². The third-order valence-electron chi connectivity index (χ3n) is 3.46. The Bertz CT molecular complexity index is 687. The van der Waals surface area contributed by atoms with Crippen molar-refractivity contribution in [3.8, 4) is 5.75 Å². The van der Waals surface area contributed by atoms with Crippen LogP contribution in [-0.4, -0.2) is 30.4 Å². The summed E-state index contributed by atoms with van der Waals surface area (Å²) in [6.07, 6.45) is 0.411. The minimum absolute atomic E-state index is 0.116. The summed E-state index contributed by atoms with van der Waals surface area (Å²) in [5.74, 6) is 0.761. The predicted octanol–water partition coefficient (Wildman–Crippen LogP) is 3.46. The number of ether oxygens (including phenoxy) is 1. The van der Waals surface area contributed by atoms with E-state index in [4.69, 9.17) is 16.3 Å². The molecule has 1 atom stereocenters. The van der Waals surface area contributed by atoms with Crippen LogP contribution in [0.25, 0.3) is 0 Å². The maximum absolute atomic E-state index is 11.9. The molecule has 0 heterocycles. The average Bonchev–Trinajstić information content (AvgIpc) is 2.53. The van der Waals surface area contributed by atoms with Crippen LogP contribution >= 0.6 is 11.6 Å². The van der Waals surface area contributed by atoms with Crippen molar-refractivity contribution in [1.82, 2.24) is 5.32 Å². The maximum atomic E-state index is 11.9. The summed E-state index contributed by atoms with van der Waals surface area (Å²) in [4.78, 5) is 11.9. The summed E-state index contributed by atoms with van der Waals surface area (Å²) in [5.41, 5.74) is 0.480. The summed E-state index contributed by atoms with van der Waals surface area (Å²) < 4.78 is 5.11. The molecule has 6 heteroatoms. The topological polar surface area (TPSA) is 70.6 Å². The normalized spacial score (nSPS) is 13.0. The van der Waals surface area contributed by atoms with Crippen LogP contribution in [0.1, 0.15) is 12.5 Å². The van der Waals surface area contributed by atoms with E-state index < -0.39 is 11.6 Å². The van der Waals surface area contributed by atoms with Gasteiger partial charge in [-0.1, -0.05) is 29.8 Å². The van der Waals surface area contributed by atoms with E-state index in [2.05, 4.69) is 10.6 Å². The zero-order valence-corrected chi connectivity index (χ0v) is 14.4. The quantitative estimate of drug-likeness (QED) is 0.748. The van der Waals surface area contributed by atoms with E-state index in [0.717, 1.165) is 11.3 Å². The number of halogens is 1. The standard InChI is InChI=1S/C18H21ClN2O3/c1-18(23,11-13-6-8-16(24-2)9-7-13)12-20-17(22)21-15-5-3-4-14(19)10-15/h3-10,23H,11-12H2,1-2H3,(H2,20,21,22). The summed E-state index contributed by atoms with van der Waals surface area (Å²) in [6, 6.07) is 13.9. The molecule has 2 aromatic rings. The Kier molecular flexibility index (Phi) is 6.06. The van der Waals surface area contributed by atoms with E-state index in [1.807, 2.05) is 24.3 Å². The number of amides is 2. The summed E-state index contributed by atoms with van der Waals surface area (Å²) in [5, 5.41) is 16.3. The fraction of sp³-hybridized carbons (Fsp3) is 0.278. The molecule has 0 bridgehead atoms. The van der Waals surface area contributed by atoms with Gasteiger partial charge in [0, 0.05) is 23.7 Å². The summed E-state index contributed by atoms with van der Waals surface area (Å²) in [6.45, 7) is 1.79. The first-order valence-corrected chi connectivity index (χ1v) is 7.91. The summed E-state index contributed by atoms with van der Waals surface area (Å²) >= 11 is 5.87. The second-order valence-electron chi connectivity index (χ2n) is 5.84. The number of rotatable bonds is 6. The molecule has 0 spiro atoms. The van der Waals surface area contributed by atoms with Gasteiger partial charge in [-0.05, 0) is 42.8 Å². The average molecular weight is 349 g/mol. The lowest BCUT2D eigenvalue weighted by Gasteiger charge is -2.24. The molecule has 0 aliphatic carbocycles. The van der Waals surface area contributed by atoms with Gasteiger partial charge >= 0.3 is 6.03 Å². The molecule has 3 N–H and O–H groups in total. The first-order chi connectivity index (χ1) is 11.4. The van der Waals surface area contributed by atoms with Gasteiger partial charge in [-0.3, -0.25) is 0 Å². The third-order valence-corrected chi connectivity index (χ3v) is 3.69. The maximum Gasteiger partial charge on any atom is 0.319 e. The van der Waals surface area contributed by atoms with Crippen molar-refractivity contribution in [2.45, 2.75) is 18.9 Å². The molecule has 2 amide bonds. The van der Waals surface area contributed by atoms with Crippen molar-refractivity contribution >= 4 is 23.3 Å². The molecule has 128 valence electrons. The molecule has 0 fully saturated rings. The second kappa shape index (κ2) is 8.04. The lowest BCUT2D eigenvalue weighted by Crippen LogP contribution is -2.43. The smallest absolute Gasteiger partial charge is 0.319 e. The van der Waals surface area contributed by atoms with E-state index >= 15 is 0 Å². The van der Waals surface area contributed by atoms with Crippen LogP contribution in [0.2, 0.25) is 5.02 Å². The summed E-state index contributed by atoms with van der Waals surface area (Å²) in [7, 11) is 1.60. The Morgan fingerprint density at radius 1 is 1.25 bits per heavy atom. The van der Waals surface area contributed by atoms with Crippen LogP contribution in [0.5, 0.6) is 5.75 Å². The largest absolute Gasteiger partial charge is 0.497 e. The molecule has 1 unspecified atom stereocenters. The first-order valence-electron chi connectivity index (χ1n) is 7.54. The molecule has 0 aromatic heterocycles. The van der Waals surface area contributed by atoms with Gasteiger partial charge in [0.2, 0.25) is 0 Å². The highest BCUT2D eigenvalue weighted by atomic mass is 35.5. The second-order valence-corrected chi connectivity index (χ2v) is 6.28. The number of carbonyl (C=O) groups is 1. The number of urea groups is 1. The number of methoxy groups -OCH3 is 1. The van der Waals surface area contributed by atoms with Crippen LogP contribution in [-0.2, 0) is 6.42 Å². The minimum atomic E-state index is -1.07. The highest BCUT2D eigenvalue weighted by molar-refractivity contribution is 6.30. The molecular weight excluding hydrogens is 328 g/mol. The molecule has 0 aliphatic rings. The van der Waals surface area contributed by atoms with Crippen LogP contribution in [0.3, 0.4) is 0 Å². The van der Waals surface area contributed by atoms with Crippen molar-refractivity contribution in [1.29, 1.82) is 0 Å². The number of benzene rings is 2. The van der Waals surface area contributed by atoms with Gasteiger partial charge in [0.05, 0.1) is 12.7 Å². The van der Waals surface area contributed by atoms with Gasteiger partial charge in [-0.15, -0.1) is 0 Å². The molecule has 24 heavy (non-hydrogen) atoms. The number of aliphatic hydroxyl groups is 1. The Morgan fingerprint density at radius 2 is 1.96 bits per heavy atom. The highest BCUT2D eigenvalue weighted by Gasteiger charge is 2.22. The number of anilines is 1. The number of hydrogen-bond donors (Lipinski definition) is 3. The molecule has 0 radical (unpaired) electrons. The van der Waals surface area contributed by atoms with Crippen molar-refractivity contribution in [3.63, 3.8) is 0 Å². The van der Waals surface area contributed by atoms with Crippen molar-refractivity contribution < 1.29 is 14.6 Å². The Balaban J connectivity index is 1.85. The van der Waals surface area contributed by atoms with Gasteiger partial charge in [-0.2, -0.15) is 0 Å². The first kappa shape index (κ1) is 18.1. The zero-order chi connectivity index (χ0) is 17.6. The van der Waals surface area contributed by atoms with E-state index in [1.54, 1.807) is 38.3 Å². The molecule has 0 saturated heterocycles. The predicted molar refractivity (Wildman–Crippen MR) is 95.8 cm³/mol. The Labute approximate surface area is 146 Å². The number of nitrogens with one attached hydrogen (secondary N) is 2. The third kappa shape index (κ3) is 5.76. The van der Waals surface area contributed by atoms with E-state index in [1.165, 1.54) is 0 Å². The molecule has 2 aromatic carbocycles. The van der Waals surface area contributed by atoms with Gasteiger partial charge < -0.3 is 20.5 Å². The Morgan fingerprint density at radius 3 is 2.58 bits per heavy atom. The van der Waals surface area contributed by atoms with Crippen LogP contribution < -0.4 is 15.4 Å². The Hall–Kier alpha value is -2.24. The SMILES string of the molecule is COc1ccc(CC(C)(O)CNC(=O)Nc2cccc(Cl)c2)cc1. The molecule has 2 rings (SSSR count). The molecule has 0 saturated carbocycles. The minimum Gasteiger partial charge on any atom is -0.497 e. The van der Waals surface area contributed by atoms with Crippen LogP contribution in [0.15, 0.2) is 48.5 Å². The van der Waals surface area contributed by atoms with Gasteiger partial charge in [0.25, 0.3) is 0 Å². The van der Waals surface area contributed by atoms with Crippen molar-refractivity contribution in [2.24, 2.45) is 0 Å². The van der Waals surface area contributed by atoms with Crippen LogP contribution in [0.4, 0.5) is 10.5 Å². The van der Waals surface area contributed by atoms with E-state index in [0.29, 0.717) is 17.1 Å².